The fourth-order valence-corrected chi connectivity index (χ4v) is 2.62. The number of ether oxygens (including phenoxy) is 4. The molecule has 3 rings (SSSR count). The minimum absolute atomic E-state index is 0.143. The Hall–Kier alpha value is -2.61. The van der Waals surface area contributed by atoms with E-state index in [-0.39, 0.29) is 24.1 Å². The lowest BCUT2D eigenvalue weighted by Gasteiger charge is -2.16. The summed E-state index contributed by atoms with van der Waals surface area (Å²) in [5.41, 5.74) is 0.527. The topological polar surface area (TPSA) is 84.7 Å². The summed E-state index contributed by atoms with van der Waals surface area (Å²) in [6, 6.07) is 5.55. The molecule has 146 valence electrons. The molecule has 0 unspecified atom stereocenters. The highest BCUT2D eigenvalue weighted by Crippen LogP contribution is 2.36. The normalized spacial score (nSPS) is 13.0. The Balaban J connectivity index is 1.89. The second-order valence-electron chi connectivity index (χ2n) is 7.37. The molecule has 0 saturated heterocycles. The Kier molecular flexibility index (Phi) is 5.65. The Bertz CT molecular complexity index is 810. The zero-order valence-corrected chi connectivity index (χ0v) is 16.2. The maximum Gasteiger partial charge on any atom is 0.336 e. The van der Waals surface area contributed by atoms with Crippen LogP contribution >= 0.6 is 0 Å². The SMILES string of the molecule is CCOCCOc1nc(-c2ccc3c(c2)OCO3)n(C(=O)CC(C)(C)C)n1. The van der Waals surface area contributed by atoms with E-state index >= 15 is 0 Å². The third kappa shape index (κ3) is 4.77. The number of hydrogen-bond donors (Lipinski definition) is 0. The number of fused-ring (bicyclic) bond motifs is 1. The molecule has 2 heterocycles. The van der Waals surface area contributed by atoms with Crippen LogP contribution in [0.25, 0.3) is 11.4 Å². The van der Waals surface area contributed by atoms with E-state index in [9.17, 15) is 4.79 Å². The molecule has 1 aliphatic heterocycles. The summed E-state index contributed by atoms with van der Waals surface area (Å²) in [6.07, 6.45) is 0.326. The van der Waals surface area contributed by atoms with Crippen LogP contribution in [-0.2, 0) is 4.74 Å². The minimum Gasteiger partial charge on any atom is -0.460 e. The summed E-state index contributed by atoms with van der Waals surface area (Å²) >= 11 is 0. The lowest BCUT2D eigenvalue weighted by molar-refractivity contribution is 0.0836. The van der Waals surface area contributed by atoms with Gasteiger partial charge in [-0.25, -0.2) is 0 Å². The van der Waals surface area contributed by atoms with Gasteiger partial charge in [-0.2, -0.15) is 9.67 Å². The lowest BCUT2D eigenvalue weighted by atomic mass is 9.92. The van der Waals surface area contributed by atoms with E-state index in [1.54, 1.807) is 12.1 Å². The molecule has 0 aliphatic carbocycles. The van der Waals surface area contributed by atoms with Crippen LogP contribution in [0.2, 0.25) is 0 Å². The van der Waals surface area contributed by atoms with Crippen molar-refractivity contribution in [2.75, 3.05) is 26.6 Å². The van der Waals surface area contributed by atoms with Gasteiger partial charge in [-0.05, 0) is 30.5 Å². The van der Waals surface area contributed by atoms with Gasteiger partial charge in [-0.15, -0.1) is 5.10 Å². The molecule has 1 aliphatic rings. The molecule has 2 aromatic rings. The van der Waals surface area contributed by atoms with Gasteiger partial charge in [-0.3, -0.25) is 4.79 Å². The van der Waals surface area contributed by atoms with Crippen molar-refractivity contribution in [3.8, 4) is 28.9 Å². The van der Waals surface area contributed by atoms with E-state index in [0.717, 1.165) is 0 Å². The van der Waals surface area contributed by atoms with Crippen LogP contribution in [0.15, 0.2) is 18.2 Å². The number of benzene rings is 1. The molecule has 8 heteroatoms. The first-order valence-corrected chi connectivity index (χ1v) is 8.98. The predicted octanol–water partition coefficient (Wildman–Crippen LogP) is 3.17. The summed E-state index contributed by atoms with van der Waals surface area (Å²) in [6.45, 7) is 9.45. The van der Waals surface area contributed by atoms with Crippen LogP contribution in [0.3, 0.4) is 0 Å². The molecule has 8 nitrogen and oxygen atoms in total. The van der Waals surface area contributed by atoms with Gasteiger partial charge in [0, 0.05) is 18.6 Å². The number of aromatic nitrogens is 3. The Morgan fingerprint density at radius 3 is 2.74 bits per heavy atom. The molecule has 1 aromatic carbocycles. The van der Waals surface area contributed by atoms with Crippen molar-refractivity contribution < 1.29 is 23.7 Å². The van der Waals surface area contributed by atoms with Gasteiger partial charge in [0.2, 0.25) is 12.7 Å². The van der Waals surface area contributed by atoms with Crippen LogP contribution in [0.4, 0.5) is 0 Å². The van der Waals surface area contributed by atoms with E-state index < -0.39 is 0 Å². The van der Waals surface area contributed by atoms with E-state index in [1.807, 2.05) is 33.8 Å². The van der Waals surface area contributed by atoms with Crippen LogP contribution in [0, 0.1) is 5.41 Å². The molecule has 1 aromatic heterocycles. The largest absolute Gasteiger partial charge is 0.460 e. The molecule has 0 bridgehead atoms. The highest BCUT2D eigenvalue weighted by Gasteiger charge is 2.24. The highest BCUT2D eigenvalue weighted by molar-refractivity contribution is 5.83. The summed E-state index contributed by atoms with van der Waals surface area (Å²) < 4.78 is 22.9. The third-order valence-electron chi connectivity index (χ3n) is 3.80. The van der Waals surface area contributed by atoms with Crippen LogP contribution in [0.1, 0.15) is 38.9 Å². The third-order valence-corrected chi connectivity index (χ3v) is 3.80. The van der Waals surface area contributed by atoms with Crippen molar-refractivity contribution in [1.82, 2.24) is 14.8 Å². The first-order chi connectivity index (χ1) is 12.9. The molecule has 0 atom stereocenters. The van der Waals surface area contributed by atoms with Gasteiger partial charge in [0.05, 0.1) is 6.61 Å². The zero-order valence-electron chi connectivity index (χ0n) is 16.2. The van der Waals surface area contributed by atoms with E-state index in [0.29, 0.717) is 49.1 Å². The molecular formula is C19H25N3O5. The standard InChI is InChI=1S/C19H25N3O5/c1-5-24-8-9-25-18-20-17(22(21-18)16(23)11-19(2,3)4)13-6-7-14-15(10-13)27-12-26-14/h6-7,10H,5,8-9,11-12H2,1-4H3. The first-order valence-electron chi connectivity index (χ1n) is 8.98. The quantitative estimate of drug-likeness (QED) is 0.687. The second-order valence-corrected chi connectivity index (χ2v) is 7.37. The zero-order chi connectivity index (χ0) is 19.4. The van der Waals surface area contributed by atoms with Crippen molar-refractivity contribution in [3.05, 3.63) is 18.2 Å². The minimum atomic E-state index is -0.175. The summed E-state index contributed by atoms with van der Waals surface area (Å²) in [5, 5.41) is 4.27. The van der Waals surface area contributed by atoms with Crippen LogP contribution in [0.5, 0.6) is 17.5 Å². The first kappa shape index (κ1) is 19.2. The van der Waals surface area contributed by atoms with Crippen LogP contribution in [-0.4, -0.2) is 47.3 Å². The number of rotatable bonds is 7. The molecule has 27 heavy (non-hydrogen) atoms. The molecule has 0 fully saturated rings. The van der Waals surface area contributed by atoms with Gasteiger partial charge in [0.25, 0.3) is 0 Å². The average Bonchev–Trinajstić information content (AvgIpc) is 3.23. The highest BCUT2D eigenvalue weighted by atomic mass is 16.7. The van der Waals surface area contributed by atoms with Gasteiger partial charge < -0.3 is 18.9 Å². The number of nitrogens with zero attached hydrogens (tertiary/aromatic N) is 3. The van der Waals surface area contributed by atoms with Crippen molar-refractivity contribution in [2.45, 2.75) is 34.1 Å². The van der Waals surface area contributed by atoms with E-state index in [1.165, 1.54) is 4.68 Å². The van der Waals surface area contributed by atoms with Gasteiger partial charge in [0.15, 0.2) is 17.3 Å². The maximum absolute atomic E-state index is 12.8. The second kappa shape index (κ2) is 7.96. The lowest BCUT2D eigenvalue weighted by Crippen LogP contribution is -2.21. The fraction of sp³-hybridized carbons (Fsp3) is 0.526. The van der Waals surface area contributed by atoms with Crippen molar-refractivity contribution in [2.24, 2.45) is 5.41 Å². The fourth-order valence-electron chi connectivity index (χ4n) is 2.62. The number of hydrogen-bond acceptors (Lipinski definition) is 7. The van der Waals surface area contributed by atoms with E-state index in [2.05, 4.69) is 10.1 Å². The van der Waals surface area contributed by atoms with Gasteiger partial charge >= 0.3 is 6.01 Å². The van der Waals surface area contributed by atoms with Crippen LogP contribution < -0.4 is 14.2 Å². The Morgan fingerprint density at radius 2 is 2.00 bits per heavy atom. The molecular weight excluding hydrogens is 350 g/mol. The summed E-state index contributed by atoms with van der Waals surface area (Å²) in [4.78, 5) is 17.2. The summed E-state index contributed by atoms with van der Waals surface area (Å²) in [7, 11) is 0. The maximum atomic E-state index is 12.8. The average molecular weight is 375 g/mol. The molecule has 0 saturated carbocycles. The molecule has 0 N–H and O–H groups in total. The summed E-state index contributed by atoms with van der Waals surface area (Å²) in [5.74, 6) is 1.54. The Morgan fingerprint density at radius 1 is 1.22 bits per heavy atom. The monoisotopic (exact) mass is 375 g/mol. The van der Waals surface area contributed by atoms with Crippen molar-refractivity contribution >= 4 is 5.91 Å². The van der Waals surface area contributed by atoms with E-state index in [4.69, 9.17) is 18.9 Å². The molecule has 0 amide bonds. The van der Waals surface area contributed by atoms with Gasteiger partial charge in [0.1, 0.15) is 6.61 Å². The smallest absolute Gasteiger partial charge is 0.336 e. The number of carbonyl (C=O) groups excluding carboxylic acids is 1. The van der Waals surface area contributed by atoms with Gasteiger partial charge in [-0.1, -0.05) is 20.8 Å². The molecule has 0 radical (unpaired) electrons. The van der Waals surface area contributed by atoms with Crippen molar-refractivity contribution in [3.63, 3.8) is 0 Å². The Labute approximate surface area is 158 Å². The van der Waals surface area contributed by atoms with Crippen molar-refractivity contribution in [1.29, 1.82) is 0 Å². The number of carbonyl (C=O) groups is 1. The predicted molar refractivity (Wildman–Crippen MR) is 98.3 cm³/mol. The molecule has 0 spiro atoms.